The third-order valence-electron chi connectivity index (χ3n) is 7.39. The van der Waals surface area contributed by atoms with Crippen LogP contribution in [0.3, 0.4) is 0 Å². The van der Waals surface area contributed by atoms with Crippen LogP contribution in [-0.4, -0.2) is 47.0 Å². The number of hydrogen-bond acceptors (Lipinski definition) is 4. The van der Waals surface area contributed by atoms with Crippen molar-refractivity contribution in [3.63, 3.8) is 0 Å². The summed E-state index contributed by atoms with van der Waals surface area (Å²) in [6.45, 7) is 4.59. The standard InChI is InChI=1S/C28H30Cl2N4O2/c29-22-4-6-23(7-5-22)36-24-3-1-2-21(18-24)20-33-14-9-28(10-15-33)11-16-34(17-12-28)27(35)32-26-19-31-13-8-25(26)30/h1-8,13,18-19H,9-12,14-17,20H2,(H,32,35). The molecule has 3 heterocycles. The number of nitrogens with zero attached hydrogens (tertiary/aromatic N) is 3. The monoisotopic (exact) mass is 524 g/mol. The van der Waals surface area contributed by atoms with Crippen LogP contribution in [0.25, 0.3) is 0 Å². The van der Waals surface area contributed by atoms with E-state index in [-0.39, 0.29) is 6.03 Å². The number of rotatable bonds is 5. The van der Waals surface area contributed by atoms with Crippen LogP contribution in [0.15, 0.2) is 67.0 Å². The Morgan fingerprint density at radius 3 is 2.39 bits per heavy atom. The number of ether oxygens (including phenoxy) is 1. The summed E-state index contributed by atoms with van der Waals surface area (Å²) >= 11 is 12.1. The van der Waals surface area contributed by atoms with Gasteiger partial charge >= 0.3 is 6.03 Å². The Morgan fingerprint density at radius 1 is 0.944 bits per heavy atom. The lowest BCUT2D eigenvalue weighted by Crippen LogP contribution is -2.49. The second-order valence-electron chi connectivity index (χ2n) is 9.75. The maximum Gasteiger partial charge on any atom is 0.321 e. The van der Waals surface area contributed by atoms with Crippen molar-refractivity contribution < 1.29 is 9.53 Å². The van der Waals surface area contributed by atoms with Gasteiger partial charge < -0.3 is 15.0 Å². The summed E-state index contributed by atoms with van der Waals surface area (Å²) in [4.78, 5) is 21.2. The Kier molecular flexibility index (Phi) is 7.65. The SMILES string of the molecule is O=C(Nc1cnccc1Cl)N1CCC2(CCN(Cc3cccc(Oc4ccc(Cl)cc4)c3)CC2)CC1. The minimum Gasteiger partial charge on any atom is -0.457 e. The number of piperidine rings is 2. The first-order chi connectivity index (χ1) is 17.5. The first-order valence-corrected chi connectivity index (χ1v) is 13.1. The fourth-order valence-electron chi connectivity index (χ4n) is 5.14. The van der Waals surface area contributed by atoms with E-state index in [1.54, 1.807) is 18.5 Å². The Labute approximate surface area is 222 Å². The Balaban J connectivity index is 1.10. The number of hydrogen-bond donors (Lipinski definition) is 1. The largest absolute Gasteiger partial charge is 0.457 e. The zero-order valence-corrected chi connectivity index (χ0v) is 21.6. The molecule has 2 aromatic carbocycles. The average molecular weight is 525 g/mol. The molecule has 6 nitrogen and oxygen atoms in total. The number of urea groups is 1. The normalized spacial score (nSPS) is 17.7. The summed E-state index contributed by atoms with van der Waals surface area (Å²) < 4.78 is 6.00. The number of carbonyl (C=O) groups is 1. The van der Waals surface area contributed by atoms with Crippen molar-refractivity contribution in [1.29, 1.82) is 0 Å². The van der Waals surface area contributed by atoms with Crippen LogP contribution in [0.4, 0.5) is 10.5 Å². The molecule has 36 heavy (non-hydrogen) atoms. The molecule has 2 fully saturated rings. The number of benzene rings is 2. The van der Waals surface area contributed by atoms with Crippen LogP contribution < -0.4 is 10.1 Å². The van der Waals surface area contributed by atoms with Crippen molar-refractivity contribution >= 4 is 34.9 Å². The third-order valence-corrected chi connectivity index (χ3v) is 7.97. The highest BCUT2D eigenvalue weighted by Gasteiger charge is 2.38. The molecular weight excluding hydrogens is 495 g/mol. The number of likely N-dealkylation sites (tertiary alicyclic amines) is 2. The fourth-order valence-corrected chi connectivity index (χ4v) is 5.42. The Bertz CT molecular complexity index is 1190. The molecule has 2 amide bonds. The van der Waals surface area contributed by atoms with E-state index in [4.69, 9.17) is 27.9 Å². The van der Waals surface area contributed by atoms with Gasteiger partial charge in [0.1, 0.15) is 11.5 Å². The lowest BCUT2D eigenvalue weighted by molar-refractivity contribution is 0.0442. The summed E-state index contributed by atoms with van der Waals surface area (Å²) in [5.74, 6) is 1.61. The molecule has 0 radical (unpaired) electrons. The molecule has 8 heteroatoms. The molecule has 5 rings (SSSR count). The number of aromatic nitrogens is 1. The second kappa shape index (κ2) is 11.1. The molecule has 0 bridgehead atoms. The van der Waals surface area contributed by atoms with Gasteiger partial charge in [-0.15, -0.1) is 0 Å². The van der Waals surface area contributed by atoms with Crippen molar-refractivity contribution in [1.82, 2.24) is 14.8 Å². The van der Waals surface area contributed by atoms with Gasteiger partial charge in [-0.05, 0) is 92.2 Å². The molecule has 1 N–H and O–H groups in total. The quantitative estimate of drug-likeness (QED) is 0.387. The summed E-state index contributed by atoms with van der Waals surface area (Å²) in [6.07, 6.45) is 7.61. The molecule has 188 valence electrons. The predicted octanol–water partition coefficient (Wildman–Crippen LogP) is 7.09. The maximum atomic E-state index is 12.7. The van der Waals surface area contributed by atoms with E-state index < -0.39 is 0 Å². The molecule has 2 aliphatic heterocycles. The smallest absolute Gasteiger partial charge is 0.321 e. The number of amides is 2. The molecule has 0 unspecified atom stereocenters. The van der Waals surface area contributed by atoms with E-state index in [2.05, 4.69) is 27.3 Å². The summed E-state index contributed by atoms with van der Waals surface area (Å²) in [5.41, 5.74) is 2.14. The lowest BCUT2D eigenvalue weighted by atomic mass is 9.71. The molecule has 3 aromatic rings. The van der Waals surface area contributed by atoms with Crippen molar-refractivity contribution in [3.05, 3.63) is 82.6 Å². The Hall–Kier alpha value is -2.80. The van der Waals surface area contributed by atoms with Crippen molar-refractivity contribution in [2.75, 3.05) is 31.5 Å². The van der Waals surface area contributed by atoms with Gasteiger partial charge in [-0.3, -0.25) is 9.88 Å². The number of pyridine rings is 1. The molecular formula is C28H30Cl2N4O2. The van der Waals surface area contributed by atoms with E-state index >= 15 is 0 Å². The highest BCUT2D eigenvalue weighted by molar-refractivity contribution is 6.33. The van der Waals surface area contributed by atoms with Gasteiger partial charge in [0, 0.05) is 30.9 Å². The predicted molar refractivity (Wildman–Crippen MR) is 144 cm³/mol. The molecule has 1 aromatic heterocycles. The highest BCUT2D eigenvalue weighted by Crippen LogP contribution is 2.41. The molecule has 2 saturated heterocycles. The van der Waals surface area contributed by atoms with Gasteiger partial charge in [0.25, 0.3) is 0 Å². The topological polar surface area (TPSA) is 57.7 Å². The number of nitrogens with one attached hydrogen (secondary N) is 1. The van der Waals surface area contributed by atoms with E-state index in [9.17, 15) is 4.79 Å². The molecule has 0 aliphatic carbocycles. The van der Waals surface area contributed by atoms with E-state index in [1.807, 2.05) is 41.3 Å². The van der Waals surface area contributed by atoms with Crippen molar-refractivity contribution in [2.24, 2.45) is 5.41 Å². The van der Waals surface area contributed by atoms with Crippen LogP contribution in [0.1, 0.15) is 31.2 Å². The third kappa shape index (κ3) is 6.12. The molecule has 2 aliphatic rings. The van der Waals surface area contributed by atoms with E-state index in [1.165, 1.54) is 5.56 Å². The van der Waals surface area contributed by atoms with Gasteiger partial charge in [-0.2, -0.15) is 0 Å². The maximum absolute atomic E-state index is 12.7. The number of carbonyl (C=O) groups excluding carboxylic acids is 1. The van der Waals surface area contributed by atoms with Gasteiger partial charge in [-0.1, -0.05) is 35.3 Å². The first kappa shape index (κ1) is 24.9. The number of anilines is 1. The van der Waals surface area contributed by atoms with Gasteiger partial charge in [0.2, 0.25) is 0 Å². The van der Waals surface area contributed by atoms with Gasteiger partial charge in [0.05, 0.1) is 16.9 Å². The lowest BCUT2D eigenvalue weighted by Gasteiger charge is -2.46. The highest BCUT2D eigenvalue weighted by atomic mass is 35.5. The molecule has 1 spiro atoms. The molecule has 0 atom stereocenters. The summed E-state index contributed by atoms with van der Waals surface area (Å²) in [5, 5.41) is 4.09. The minimum atomic E-state index is -0.0992. The second-order valence-corrected chi connectivity index (χ2v) is 10.6. The summed E-state index contributed by atoms with van der Waals surface area (Å²) in [6, 6.07) is 17.3. The number of halogens is 2. The zero-order chi connectivity index (χ0) is 25.0. The van der Waals surface area contributed by atoms with Gasteiger partial charge in [-0.25, -0.2) is 4.79 Å². The zero-order valence-electron chi connectivity index (χ0n) is 20.1. The van der Waals surface area contributed by atoms with Crippen molar-refractivity contribution in [3.8, 4) is 11.5 Å². The molecule has 0 saturated carbocycles. The van der Waals surface area contributed by atoms with Crippen LogP contribution in [0, 0.1) is 5.41 Å². The van der Waals surface area contributed by atoms with Gasteiger partial charge in [0.15, 0.2) is 0 Å². The van der Waals surface area contributed by atoms with Crippen LogP contribution >= 0.6 is 23.2 Å². The average Bonchev–Trinajstić information content (AvgIpc) is 2.89. The minimum absolute atomic E-state index is 0.0992. The Morgan fingerprint density at radius 2 is 1.67 bits per heavy atom. The van der Waals surface area contributed by atoms with E-state index in [0.717, 1.165) is 69.9 Å². The van der Waals surface area contributed by atoms with Crippen LogP contribution in [0.2, 0.25) is 10.0 Å². The van der Waals surface area contributed by atoms with Crippen LogP contribution in [-0.2, 0) is 6.54 Å². The summed E-state index contributed by atoms with van der Waals surface area (Å²) in [7, 11) is 0. The fraction of sp³-hybridized carbons (Fsp3) is 0.357. The van der Waals surface area contributed by atoms with Crippen molar-refractivity contribution in [2.45, 2.75) is 32.2 Å². The van der Waals surface area contributed by atoms with Crippen LogP contribution in [0.5, 0.6) is 11.5 Å². The first-order valence-electron chi connectivity index (χ1n) is 12.4. The van der Waals surface area contributed by atoms with E-state index in [0.29, 0.717) is 21.1 Å².